The molecule has 0 spiro atoms. The zero-order chi connectivity index (χ0) is 11.2. The summed E-state index contributed by atoms with van der Waals surface area (Å²) in [6, 6.07) is 1.30. The van der Waals surface area contributed by atoms with Crippen LogP contribution in [0.2, 0.25) is 0 Å². The SMILES string of the molecule is COc1cc(O)c2c(c1Br)C(=O)OC2O. The van der Waals surface area contributed by atoms with Crippen LogP contribution >= 0.6 is 15.9 Å². The number of cyclic esters (lactones) is 1. The summed E-state index contributed by atoms with van der Waals surface area (Å²) in [6.07, 6.45) is -1.42. The number of phenols is 1. The van der Waals surface area contributed by atoms with Crippen molar-refractivity contribution in [2.75, 3.05) is 7.11 Å². The molecule has 6 heteroatoms. The number of phenolic OH excluding ortho intramolecular Hbond substituents is 1. The van der Waals surface area contributed by atoms with Gasteiger partial charge in [0.05, 0.1) is 22.7 Å². The summed E-state index contributed by atoms with van der Waals surface area (Å²) in [5.41, 5.74) is 0.159. The fourth-order valence-electron chi connectivity index (χ4n) is 1.45. The molecule has 1 aliphatic heterocycles. The van der Waals surface area contributed by atoms with Crippen LogP contribution < -0.4 is 4.74 Å². The van der Waals surface area contributed by atoms with Crippen LogP contribution in [0.15, 0.2) is 10.5 Å². The van der Waals surface area contributed by atoms with Gasteiger partial charge in [0.1, 0.15) is 11.5 Å². The number of fused-ring (bicyclic) bond motifs is 1. The third-order valence-electron chi connectivity index (χ3n) is 2.14. The summed E-state index contributed by atoms with van der Waals surface area (Å²) in [7, 11) is 1.41. The van der Waals surface area contributed by atoms with Gasteiger partial charge in [-0.1, -0.05) is 0 Å². The molecule has 0 saturated carbocycles. The third-order valence-corrected chi connectivity index (χ3v) is 2.93. The lowest BCUT2D eigenvalue weighted by Crippen LogP contribution is -1.97. The molecule has 0 radical (unpaired) electrons. The first-order valence-electron chi connectivity index (χ1n) is 4.04. The number of carbonyl (C=O) groups is 1. The molecule has 2 N–H and O–H groups in total. The average molecular weight is 275 g/mol. The number of aliphatic hydroxyl groups is 1. The lowest BCUT2D eigenvalue weighted by Gasteiger charge is -2.08. The summed E-state index contributed by atoms with van der Waals surface area (Å²) >= 11 is 3.15. The molecule has 5 nitrogen and oxygen atoms in total. The van der Waals surface area contributed by atoms with Crippen LogP contribution in [0.3, 0.4) is 0 Å². The number of carbonyl (C=O) groups excluding carboxylic acids is 1. The molecule has 0 saturated heterocycles. The average Bonchev–Trinajstić information content (AvgIpc) is 2.48. The Balaban J connectivity index is 2.74. The summed E-state index contributed by atoms with van der Waals surface area (Å²) < 4.78 is 9.86. The summed E-state index contributed by atoms with van der Waals surface area (Å²) in [4.78, 5) is 11.3. The molecule has 1 aliphatic rings. The Morgan fingerprint density at radius 3 is 2.87 bits per heavy atom. The lowest BCUT2D eigenvalue weighted by molar-refractivity contribution is -0.0555. The van der Waals surface area contributed by atoms with E-state index in [9.17, 15) is 15.0 Å². The number of hydrogen-bond acceptors (Lipinski definition) is 5. The number of halogens is 1. The van der Waals surface area contributed by atoms with Gasteiger partial charge in [-0.2, -0.15) is 0 Å². The molecule has 1 atom stereocenters. The number of esters is 1. The minimum Gasteiger partial charge on any atom is -0.507 e. The van der Waals surface area contributed by atoms with E-state index < -0.39 is 12.3 Å². The van der Waals surface area contributed by atoms with Crippen LogP contribution in [0.5, 0.6) is 11.5 Å². The minimum atomic E-state index is -1.42. The van der Waals surface area contributed by atoms with Crippen molar-refractivity contribution in [2.24, 2.45) is 0 Å². The maximum absolute atomic E-state index is 11.3. The van der Waals surface area contributed by atoms with Crippen molar-refractivity contribution in [2.45, 2.75) is 6.29 Å². The van der Waals surface area contributed by atoms with Crippen LogP contribution in [0, 0.1) is 0 Å². The zero-order valence-corrected chi connectivity index (χ0v) is 9.24. The standard InChI is InChI=1S/C9H7BrO5/c1-14-4-2-3(11)5-6(7(4)10)9(13)15-8(5)12/h2,8,11-12H,1H3. The molecule has 0 amide bonds. The molecule has 2 rings (SSSR count). The number of methoxy groups -OCH3 is 1. The molecule has 0 aromatic heterocycles. The largest absolute Gasteiger partial charge is 0.507 e. The Labute approximate surface area is 93.4 Å². The Bertz CT molecular complexity index is 443. The molecule has 0 bridgehead atoms. The smallest absolute Gasteiger partial charge is 0.342 e. The van der Waals surface area contributed by atoms with Gasteiger partial charge in [0, 0.05) is 6.07 Å². The van der Waals surface area contributed by atoms with Gasteiger partial charge < -0.3 is 19.7 Å². The molecule has 1 heterocycles. The van der Waals surface area contributed by atoms with Gasteiger partial charge in [0.15, 0.2) is 0 Å². The van der Waals surface area contributed by atoms with Gasteiger partial charge in [-0.25, -0.2) is 4.79 Å². The fourth-order valence-corrected chi connectivity index (χ4v) is 2.10. The Hall–Kier alpha value is -1.27. The number of hydrogen-bond donors (Lipinski definition) is 2. The number of rotatable bonds is 1. The lowest BCUT2D eigenvalue weighted by atomic mass is 10.1. The second-order valence-electron chi connectivity index (χ2n) is 2.96. The maximum Gasteiger partial charge on any atom is 0.342 e. The van der Waals surface area contributed by atoms with Crippen molar-refractivity contribution in [3.8, 4) is 11.5 Å². The molecular formula is C9H7BrO5. The van der Waals surface area contributed by atoms with E-state index in [4.69, 9.17) is 4.74 Å². The number of ether oxygens (including phenoxy) is 2. The highest BCUT2D eigenvalue weighted by Gasteiger charge is 2.36. The molecule has 1 unspecified atom stereocenters. The van der Waals surface area contributed by atoms with E-state index in [1.54, 1.807) is 0 Å². The van der Waals surface area contributed by atoms with Gasteiger partial charge in [-0.05, 0) is 15.9 Å². The molecule has 1 aromatic carbocycles. The number of aromatic hydroxyl groups is 1. The first-order chi connectivity index (χ1) is 7.06. The van der Waals surface area contributed by atoms with Crippen molar-refractivity contribution in [1.29, 1.82) is 0 Å². The van der Waals surface area contributed by atoms with E-state index in [1.165, 1.54) is 13.2 Å². The van der Waals surface area contributed by atoms with Crippen LogP contribution in [0.25, 0.3) is 0 Å². The van der Waals surface area contributed by atoms with E-state index in [1.807, 2.05) is 0 Å². The predicted molar refractivity (Wildman–Crippen MR) is 52.7 cm³/mol. The van der Waals surface area contributed by atoms with Crippen molar-refractivity contribution >= 4 is 21.9 Å². The topological polar surface area (TPSA) is 76.0 Å². The molecular weight excluding hydrogens is 268 g/mol. The van der Waals surface area contributed by atoms with Crippen LogP contribution in [0.4, 0.5) is 0 Å². The quantitative estimate of drug-likeness (QED) is 0.756. The normalized spacial score (nSPS) is 18.6. The molecule has 0 aliphatic carbocycles. The van der Waals surface area contributed by atoms with E-state index in [2.05, 4.69) is 20.7 Å². The van der Waals surface area contributed by atoms with Crippen molar-refractivity contribution in [3.05, 3.63) is 21.7 Å². The molecule has 15 heavy (non-hydrogen) atoms. The second-order valence-corrected chi connectivity index (χ2v) is 3.75. The Kier molecular flexibility index (Phi) is 2.32. The van der Waals surface area contributed by atoms with Crippen molar-refractivity contribution < 1.29 is 24.5 Å². The van der Waals surface area contributed by atoms with Crippen LogP contribution in [-0.4, -0.2) is 23.3 Å². The number of benzene rings is 1. The summed E-state index contributed by atoms with van der Waals surface area (Å²) in [5.74, 6) is -0.626. The van der Waals surface area contributed by atoms with Gasteiger partial charge in [-0.3, -0.25) is 0 Å². The highest BCUT2D eigenvalue weighted by molar-refractivity contribution is 9.10. The van der Waals surface area contributed by atoms with Crippen LogP contribution in [0.1, 0.15) is 22.2 Å². The third kappa shape index (κ3) is 1.37. The van der Waals surface area contributed by atoms with Gasteiger partial charge in [-0.15, -0.1) is 0 Å². The first-order valence-corrected chi connectivity index (χ1v) is 4.84. The Morgan fingerprint density at radius 1 is 1.60 bits per heavy atom. The molecule has 1 aromatic rings. The summed E-state index contributed by atoms with van der Waals surface area (Å²) in [5, 5.41) is 18.9. The van der Waals surface area contributed by atoms with E-state index >= 15 is 0 Å². The van der Waals surface area contributed by atoms with Gasteiger partial charge in [0.25, 0.3) is 0 Å². The summed E-state index contributed by atoms with van der Waals surface area (Å²) in [6.45, 7) is 0. The van der Waals surface area contributed by atoms with E-state index in [-0.39, 0.29) is 16.9 Å². The van der Waals surface area contributed by atoms with Crippen molar-refractivity contribution in [1.82, 2.24) is 0 Å². The van der Waals surface area contributed by atoms with Gasteiger partial charge in [0.2, 0.25) is 6.29 Å². The van der Waals surface area contributed by atoms with Crippen LogP contribution in [-0.2, 0) is 4.74 Å². The van der Waals surface area contributed by atoms with Gasteiger partial charge >= 0.3 is 5.97 Å². The maximum atomic E-state index is 11.3. The fraction of sp³-hybridized carbons (Fsp3) is 0.222. The highest BCUT2D eigenvalue weighted by Crippen LogP contribution is 2.44. The number of aliphatic hydroxyl groups excluding tert-OH is 1. The predicted octanol–water partition coefficient (Wildman–Crippen LogP) is 1.32. The van der Waals surface area contributed by atoms with E-state index in [0.29, 0.717) is 10.2 Å². The van der Waals surface area contributed by atoms with E-state index in [0.717, 1.165) is 0 Å². The first kappa shape index (κ1) is 10.3. The molecule has 80 valence electrons. The van der Waals surface area contributed by atoms with Crippen molar-refractivity contribution in [3.63, 3.8) is 0 Å². The molecule has 0 fully saturated rings. The minimum absolute atomic E-state index is 0.0627. The zero-order valence-electron chi connectivity index (χ0n) is 7.65. The highest BCUT2D eigenvalue weighted by atomic mass is 79.9. The monoisotopic (exact) mass is 274 g/mol. The second kappa shape index (κ2) is 3.39. The Morgan fingerprint density at radius 2 is 2.27 bits per heavy atom.